The summed E-state index contributed by atoms with van der Waals surface area (Å²) >= 11 is 0. The third-order valence-corrected chi connectivity index (χ3v) is 4.28. The first-order valence-corrected chi connectivity index (χ1v) is 8.07. The van der Waals surface area contributed by atoms with Crippen molar-refractivity contribution in [2.45, 2.75) is 25.8 Å². The number of nitrogens with zero attached hydrogens (tertiary/aromatic N) is 3. The molecule has 0 unspecified atom stereocenters. The number of piperidine rings is 1. The number of nitrogens with two attached hydrogens (primary N) is 1. The van der Waals surface area contributed by atoms with Crippen molar-refractivity contribution in [3.63, 3.8) is 0 Å². The SMILES string of the molecule is Cc1cccc(NC(N)=NCCN2CCC(N(C)C)CC2)c1.I. The average molecular weight is 431 g/mol. The molecule has 0 radical (unpaired) electrons. The highest BCUT2D eigenvalue weighted by Crippen LogP contribution is 2.13. The van der Waals surface area contributed by atoms with Crippen LogP contribution in [0.25, 0.3) is 0 Å². The van der Waals surface area contributed by atoms with Gasteiger partial charge in [0.15, 0.2) is 5.96 Å². The van der Waals surface area contributed by atoms with E-state index in [0.717, 1.165) is 37.9 Å². The highest BCUT2D eigenvalue weighted by Gasteiger charge is 2.19. The molecule has 1 fully saturated rings. The van der Waals surface area contributed by atoms with Crippen molar-refractivity contribution in [2.75, 3.05) is 45.6 Å². The van der Waals surface area contributed by atoms with Gasteiger partial charge in [0.05, 0.1) is 6.54 Å². The van der Waals surface area contributed by atoms with Gasteiger partial charge in [-0.1, -0.05) is 12.1 Å². The summed E-state index contributed by atoms with van der Waals surface area (Å²) in [6.45, 7) is 6.11. The molecule has 0 aromatic heterocycles. The molecule has 1 aromatic rings. The molecule has 1 saturated heterocycles. The Hall–Kier alpha value is -0.860. The van der Waals surface area contributed by atoms with E-state index in [1.165, 1.54) is 18.4 Å². The number of hydrogen-bond donors (Lipinski definition) is 2. The van der Waals surface area contributed by atoms with Crippen LogP contribution in [0.4, 0.5) is 5.69 Å². The summed E-state index contributed by atoms with van der Waals surface area (Å²) < 4.78 is 0. The van der Waals surface area contributed by atoms with E-state index in [1.54, 1.807) is 0 Å². The third-order valence-electron chi connectivity index (χ3n) is 4.28. The van der Waals surface area contributed by atoms with Crippen LogP contribution in [0.2, 0.25) is 0 Å². The Balaban J connectivity index is 0.00000264. The van der Waals surface area contributed by atoms with Crippen LogP contribution < -0.4 is 11.1 Å². The molecule has 130 valence electrons. The molecule has 5 nitrogen and oxygen atoms in total. The van der Waals surface area contributed by atoms with Gasteiger partial charge < -0.3 is 20.9 Å². The van der Waals surface area contributed by atoms with E-state index in [4.69, 9.17) is 5.73 Å². The first kappa shape index (κ1) is 20.2. The highest BCUT2D eigenvalue weighted by atomic mass is 127. The lowest BCUT2D eigenvalue weighted by Gasteiger charge is -2.34. The quantitative estimate of drug-likeness (QED) is 0.427. The average Bonchev–Trinajstić information content (AvgIpc) is 2.47. The highest BCUT2D eigenvalue weighted by molar-refractivity contribution is 14.0. The lowest BCUT2D eigenvalue weighted by Crippen LogP contribution is -2.42. The predicted molar refractivity (Wildman–Crippen MR) is 110 cm³/mol. The largest absolute Gasteiger partial charge is 0.370 e. The number of nitrogens with one attached hydrogen (secondary N) is 1. The maximum absolute atomic E-state index is 5.95. The van der Waals surface area contributed by atoms with Crippen LogP contribution in [0.15, 0.2) is 29.3 Å². The summed E-state index contributed by atoms with van der Waals surface area (Å²) in [5.41, 5.74) is 8.15. The van der Waals surface area contributed by atoms with Crippen molar-refractivity contribution in [1.82, 2.24) is 9.80 Å². The Labute approximate surface area is 157 Å². The topological polar surface area (TPSA) is 56.9 Å². The number of aryl methyl sites for hydroxylation is 1. The van der Waals surface area contributed by atoms with E-state index >= 15 is 0 Å². The van der Waals surface area contributed by atoms with Crippen molar-refractivity contribution in [3.05, 3.63) is 29.8 Å². The van der Waals surface area contributed by atoms with Crippen LogP contribution in [0, 0.1) is 6.92 Å². The molecule has 3 N–H and O–H groups in total. The van der Waals surface area contributed by atoms with Gasteiger partial charge in [0.25, 0.3) is 0 Å². The summed E-state index contributed by atoms with van der Waals surface area (Å²) in [6.07, 6.45) is 2.49. The molecule has 1 aliphatic heterocycles. The van der Waals surface area contributed by atoms with Gasteiger partial charge in [0.2, 0.25) is 0 Å². The minimum atomic E-state index is 0. The van der Waals surface area contributed by atoms with Crippen LogP contribution in [-0.2, 0) is 0 Å². The monoisotopic (exact) mass is 431 g/mol. The molecule has 0 amide bonds. The Bertz CT molecular complexity index is 496. The van der Waals surface area contributed by atoms with E-state index in [-0.39, 0.29) is 24.0 Å². The molecular weight excluding hydrogens is 401 g/mol. The molecule has 0 spiro atoms. The smallest absolute Gasteiger partial charge is 0.193 e. The molecule has 1 aliphatic rings. The number of benzene rings is 1. The second-order valence-electron chi connectivity index (χ2n) is 6.30. The number of halogens is 1. The van der Waals surface area contributed by atoms with Crippen molar-refractivity contribution in [3.8, 4) is 0 Å². The van der Waals surface area contributed by atoms with Gasteiger partial charge in [-0.25, -0.2) is 0 Å². The maximum Gasteiger partial charge on any atom is 0.193 e. The minimum Gasteiger partial charge on any atom is -0.370 e. The number of hydrogen-bond acceptors (Lipinski definition) is 3. The van der Waals surface area contributed by atoms with Gasteiger partial charge in [0, 0.05) is 18.3 Å². The second kappa shape index (κ2) is 10.1. The lowest BCUT2D eigenvalue weighted by atomic mass is 10.0. The minimum absolute atomic E-state index is 0. The van der Waals surface area contributed by atoms with Crippen molar-refractivity contribution in [2.24, 2.45) is 10.7 Å². The maximum atomic E-state index is 5.95. The van der Waals surface area contributed by atoms with Crippen molar-refractivity contribution < 1.29 is 0 Å². The number of likely N-dealkylation sites (tertiary alicyclic amines) is 1. The summed E-state index contributed by atoms with van der Waals surface area (Å²) in [7, 11) is 4.34. The fourth-order valence-electron chi connectivity index (χ4n) is 2.88. The van der Waals surface area contributed by atoms with Gasteiger partial charge in [-0.15, -0.1) is 24.0 Å². The molecule has 23 heavy (non-hydrogen) atoms. The zero-order valence-corrected chi connectivity index (χ0v) is 16.8. The van der Waals surface area contributed by atoms with E-state index < -0.39 is 0 Å². The van der Waals surface area contributed by atoms with E-state index in [1.807, 2.05) is 12.1 Å². The molecule has 2 rings (SSSR count). The molecule has 6 heteroatoms. The summed E-state index contributed by atoms with van der Waals surface area (Å²) in [5, 5.41) is 3.15. The van der Waals surface area contributed by atoms with E-state index in [9.17, 15) is 0 Å². The number of guanidine groups is 1. The van der Waals surface area contributed by atoms with Gasteiger partial charge in [0.1, 0.15) is 0 Å². The Morgan fingerprint density at radius 3 is 2.65 bits per heavy atom. The van der Waals surface area contributed by atoms with Gasteiger partial charge in [-0.05, 0) is 64.6 Å². The summed E-state index contributed by atoms with van der Waals surface area (Å²) in [4.78, 5) is 9.24. The molecule has 1 heterocycles. The molecule has 0 aliphatic carbocycles. The second-order valence-corrected chi connectivity index (χ2v) is 6.30. The van der Waals surface area contributed by atoms with Crippen LogP contribution in [0.3, 0.4) is 0 Å². The van der Waals surface area contributed by atoms with Crippen LogP contribution in [0.1, 0.15) is 18.4 Å². The van der Waals surface area contributed by atoms with Crippen molar-refractivity contribution >= 4 is 35.6 Å². The molecule has 0 bridgehead atoms. The van der Waals surface area contributed by atoms with Gasteiger partial charge in [-0.2, -0.15) is 0 Å². The third kappa shape index (κ3) is 7.05. The Kier molecular flexibility index (Phi) is 8.86. The summed E-state index contributed by atoms with van der Waals surface area (Å²) in [6, 6.07) is 8.87. The number of rotatable bonds is 5. The van der Waals surface area contributed by atoms with Crippen molar-refractivity contribution in [1.29, 1.82) is 0 Å². The zero-order chi connectivity index (χ0) is 15.9. The lowest BCUT2D eigenvalue weighted by molar-refractivity contribution is 0.148. The zero-order valence-electron chi connectivity index (χ0n) is 14.5. The number of anilines is 1. The number of aliphatic imine (C=N–C) groups is 1. The first-order valence-electron chi connectivity index (χ1n) is 8.07. The first-order chi connectivity index (χ1) is 10.5. The van der Waals surface area contributed by atoms with E-state index in [2.05, 4.69) is 53.3 Å². The molecule has 1 aromatic carbocycles. The van der Waals surface area contributed by atoms with Crippen LogP contribution in [-0.4, -0.2) is 62.1 Å². The predicted octanol–water partition coefficient (Wildman–Crippen LogP) is 2.37. The van der Waals surface area contributed by atoms with Gasteiger partial charge in [-0.3, -0.25) is 4.99 Å². The van der Waals surface area contributed by atoms with Crippen LogP contribution >= 0.6 is 24.0 Å². The normalized spacial score (nSPS) is 17.1. The van der Waals surface area contributed by atoms with E-state index in [0.29, 0.717) is 5.96 Å². The Morgan fingerprint density at radius 2 is 2.04 bits per heavy atom. The fourth-order valence-corrected chi connectivity index (χ4v) is 2.88. The van der Waals surface area contributed by atoms with Crippen LogP contribution in [0.5, 0.6) is 0 Å². The Morgan fingerprint density at radius 1 is 1.35 bits per heavy atom. The fraction of sp³-hybridized carbons (Fsp3) is 0.588. The standard InChI is InChI=1S/C17H29N5.HI/c1-14-5-4-6-15(13-14)20-17(18)19-9-12-22-10-7-16(8-11-22)21(2)3;/h4-6,13,16H,7-12H2,1-3H3,(H3,18,19,20);1H. The molecule has 0 saturated carbocycles. The molecular formula is C17H30IN5. The van der Waals surface area contributed by atoms with Gasteiger partial charge >= 0.3 is 0 Å². The molecule has 0 atom stereocenters. The summed E-state index contributed by atoms with van der Waals surface area (Å²) in [5.74, 6) is 0.494.